The van der Waals surface area contributed by atoms with Crippen LogP contribution in [0.5, 0.6) is 0 Å². The van der Waals surface area contributed by atoms with Gasteiger partial charge < -0.3 is 10.2 Å². The molecule has 0 aliphatic rings. The summed E-state index contributed by atoms with van der Waals surface area (Å²) in [7, 11) is -2.68. The van der Waals surface area contributed by atoms with Gasteiger partial charge >= 0.3 is 0 Å². The number of nitrogens with zero attached hydrogens (tertiary/aromatic N) is 2. The van der Waals surface area contributed by atoms with Gasteiger partial charge in [-0.1, -0.05) is 95.0 Å². The first-order valence-electron chi connectivity index (χ1n) is 14.1. The Hall–Kier alpha value is -3.85. The van der Waals surface area contributed by atoms with Gasteiger partial charge in [0.2, 0.25) is 11.8 Å². The summed E-state index contributed by atoms with van der Waals surface area (Å²) in [6.07, 6.45) is 0.210. The molecule has 230 valence electrons. The Balaban J connectivity index is 1.82. The van der Waals surface area contributed by atoms with E-state index in [4.69, 9.17) is 23.2 Å². The van der Waals surface area contributed by atoms with Gasteiger partial charge in [-0.2, -0.15) is 0 Å². The molecule has 0 spiro atoms. The summed E-state index contributed by atoms with van der Waals surface area (Å²) in [5, 5.41) is 3.33. The Morgan fingerprint density at radius 2 is 1.45 bits per heavy atom. The largest absolute Gasteiger partial charge is 0.357 e. The lowest BCUT2D eigenvalue weighted by Crippen LogP contribution is -2.53. The van der Waals surface area contributed by atoms with Crippen molar-refractivity contribution in [3.05, 3.63) is 129 Å². The molecule has 0 saturated heterocycles. The van der Waals surface area contributed by atoms with Crippen LogP contribution in [0.15, 0.2) is 95.9 Å². The van der Waals surface area contributed by atoms with Crippen molar-refractivity contribution < 1.29 is 18.0 Å². The van der Waals surface area contributed by atoms with E-state index in [-0.39, 0.29) is 23.8 Å². The lowest BCUT2D eigenvalue weighted by Gasteiger charge is -2.34. The second kappa shape index (κ2) is 14.3. The fourth-order valence-corrected chi connectivity index (χ4v) is 6.79. The number of halogens is 2. The zero-order valence-electron chi connectivity index (χ0n) is 25.1. The van der Waals surface area contributed by atoms with Crippen molar-refractivity contribution in [2.24, 2.45) is 0 Å². The number of nitrogens with one attached hydrogen (secondary N) is 1. The SMILES string of the molecule is CNC(=O)C(Cc1ccccc1)N(Cc1ccc(Cl)c(Cl)c1)C(=O)CN(c1ccc(C)cc1C)S(=O)(=O)c1ccc(C)cc1. The first-order chi connectivity index (χ1) is 20.9. The summed E-state index contributed by atoms with van der Waals surface area (Å²) >= 11 is 12.5. The van der Waals surface area contributed by atoms with Crippen LogP contribution in [-0.2, 0) is 32.6 Å². The summed E-state index contributed by atoms with van der Waals surface area (Å²) in [6.45, 7) is 5.04. The topological polar surface area (TPSA) is 86.8 Å². The molecule has 0 fully saturated rings. The summed E-state index contributed by atoms with van der Waals surface area (Å²) in [5.74, 6) is -0.946. The molecule has 2 amide bonds. The molecule has 4 aromatic carbocycles. The smallest absolute Gasteiger partial charge is 0.264 e. The van der Waals surface area contributed by atoms with Crippen LogP contribution in [0.3, 0.4) is 0 Å². The number of hydrogen-bond acceptors (Lipinski definition) is 4. The van der Waals surface area contributed by atoms with E-state index in [2.05, 4.69) is 5.32 Å². The Morgan fingerprint density at radius 3 is 2.07 bits per heavy atom. The van der Waals surface area contributed by atoms with Crippen LogP contribution >= 0.6 is 23.2 Å². The highest BCUT2D eigenvalue weighted by Crippen LogP contribution is 2.29. The van der Waals surface area contributed by atoms with Crippen LogP contribution in [0.25, 0.3) is 0 Å². The molecule has 0 aliphatic carbocycles. The highest BCUT2D eigenvalue weighted by Gasteiger charge is 2.34. The third kappa shape index (κ3) is 7.80. The Kier molecular flexibility index (Phi) is 10.7. The molecule has 1 unspecified atom stereocenters. The van der Waals surface area contributed by atoms with E-state index < -0.39 is 28.5 Å². The molecule has 0 aromatic heterocycles. The molecular weight excluding hydrogens is 617 g/mol. The van der Waals surface area contributed by atoms with E-state index >= 15 is 0 Å². The van der Waals surface area contributed by atoms with Crippen LogP contribution in [0.2, 0.25) is 10.0 Å². The fourth-order valence-electron chi connectivity index (χ4n) is 4.99. The van der Waals surface area contributed by atoms with Crippen molar-refractivity contribution >= 4 is 50.7 Å². The van der Waals surface area contributed by atoms with Crippen LogP contribution in [0.4, 0.5) is 5.69 Å². The standard InChI is InChI=1S/C34H35Cl2N3O4S/c1-23-10-14-28(15-11-23)44(42,43)39(31-17-12-24(2)18-25(31)3)22-33(40)38(21-27-13-16-29(35)30(36)19-27)32(34(41)37-4)20-26-8-6-5-7-9-26/h5-19,32H,20-22H2,1-4H3,(H,37,41). The third-order valence-corrected chi connectivity index (χ3v) is 9.88. The Bertz CT molecular complexity index is 1750. The van der Waals surface area contributed by atoms with Gasteiger partial charge in [0.05, 0.1) is 20.6 Å². The quantitative estimate of drug-likeness (QED) is 0.201. The number of sulfonamides is 1. The average molecular weight is 653 g/mol. The Morgan fingerprint density at radius 1 is 0.795 bits per heavy atom. The van der Waals surface area contributed by atoms with Crippen molar-refractivity contribution in [3.8, 4) is 0 Å². The average Bonchev–Trinajstić information content (AvgIpc) is 3.00. The summed E-state index contributed by atoms with van der Waals surface area (Å²) < 4.78 is 29.5. The minimum atomic E-state index is -4.18. The number of aryl methyl sites for hydroxylation is 3. The summed E-state index contributed by atoms with van der Waals surface area (Å²) in [5.41, 5.74) is 4.39. The van der Waals surface area contributed by atoms with E-state index in [0.29, 0.717) is 26.9 Å². The molecule has 0 bridgehead atoms. The third-order valence-electron chi connectivity index (χ3n) is 7.36. The van der Waals surface area contributed by atoms with Gasteiger partial charge in [-0.15, -0.1) is 0 Å². The fraction of sp³-hybridized carbons (Fsp3) is 0.235. The second-order valence-electron chi connectivity index (χ2n) is 10.7. The van der Waals surface area contributed by atoms with Crippen molar-refractivity contribution in [2.45, 2.75) is 44.7 Å². The summed E-state index contributed by atoms with van der Waals surface area (Å²) in [6, 6.07) is 25.2. The van der Waals surface area contributed by atoms with Gasteiger partial charge in [0, 0.05) is 20.0 Å². The second-order valence-corrected chi connectivity index (χ2v) is 13.4. The van der Waals surface area contributed by atoms with Gasteiger partial charge in [0.1, 0.15) is 12.6 Å². The van der Waals surface area contributed by atoms with Crippen molar-refractivity contribution in [2.75, 3.05) is 17.9 Å². The summed E-state index contributed by atoms with van der Waals surface area (Å²) in [4.78, 5) is 29.3. The molecule has 0 radical (unpaired) electrons. The lowest BCUT2D eigenvalue weighted by atomic mass is 10.0. The van der Waals surface area contributed by atoms with Gasteiger partial charge in [-0.25, -0.2) is 8.42 Å². The normalized spacial score (nSPS) is 12.0. The van der Waals surface area contributed by atoms with E-state index in [1.807, 2.05) is 50.2 Å². The first kappa shape index (κ1) is 33.1. The predicted octanol–water partition coefficient (Wildman–Crippen LogP) is 6.50. The number of carbonyl (C=O) groups excluding carboxylic acids is 2. The molecule has 0 heterocycles. The van der Waals surface area contributed by atoms with Crippen LogP contribution in [0.1, 0.15) is 27.8 Å². The van der Waals surface area contributed by atoms with Gasteiger partial charge in [-0.3, -0.25) is 13.9 Å². The molecule has 10 heteroatoms. The highest BCUT2D eigenvalue weighted by molar-refractivity contribution is 7.92. The predicted molar refractivity (Wildman–Crippen MR) is 177 cm³/mol. The van der Waals surface area contributed by atoms with Gasteiger partial charge in [0.25, 0.3) is 10.0 Å². The highest BCUT2D eigenvalue weighted by atomic mass is 35.5. The maximum atomic E-state index is 14.4. The number of hydrogen-bond donors (Lipinski definition) is 1. The number of rotatable bonds is 11. The molecular formula is C34H35Cl2N3O4S. The van der Waals surface area contributed by atoms with Crippen molar-refractivity contribution in [1.82, 2.24) is 10.2 Å². The number of benzene rings is 4. The van der Waals surface area contributed by atoms with Crippen LogP contribution in [-0.4, -0.2) is 44.8 Å². The molecule has 0 saturated carbocycles. The maximum Gasteiger partial charge on any atom is 0.264 e. The molecule has 0 aliphatic heterocycles. The lowest BCUT2D eigenvalue weighted by molar-refractivity contribution is -0.139. The maximum absolute atomic E-state index is 14.4. The number of likely N-dealkylation sites (N-methyl/N-ethyl adjacent to an activating group) is 1. The van der Waals surface area contributed by atoms with E-state index in [9.17, 15) is 18.0 Å². The molecule has 7 nitrogen and oxygen atoms in total. The molecule has 1 N–H and O–H groups in total. The van der Waals surface area contributed by atoms with Gasteiger partial charge in [0.15, 0.2) is 0 Å². The first-order valence-corrected chi connectivity index (χ1v) is 16.3. The van der Waals surface area contributed by atoms with Gasteiger partial charge in [-0.05, 0) is 67.8 Å². The molecule has 4 aromatic rings. The zero-order chi connectivity index (χ0) is 32.0. The number of amides is 2. The minimum Gasteiger partial charge on any atom is -0.357 e. The number of carbonyl (C=O) groups is 2. The molecule has 44 heavy (non-hydrogen) atoms. The number of anilines is 1. The van der Waals surface area contributed by atoms with E-state index in [1.165, 1.54) is 24.1 Å². The van der Waals surface area contributed by atoms with Crippen LogP contribution in [0, 0.1) is 20.8 Å². The molecule has 1 atom stereocenters. The van der Waals surface area contributed by atoms with Crippen molar-refractivity contribution in [3.63, 3.8) is 0 Å². The van der Waals surface area contributed by atoms with E-state index in [1.54, 1.807) is 49.4 Å². The van der Waals surface area contributed by atoms with E-state index in [0.717, 1.165) is 21.0 Å². The van der Waals surface area contributed by atoms with Crippen molar-refractivity contribution in [1.29, 1.82) is 0 Å². The minimum absolute atomic E-state index is 0.00799. The zero-order valence-corrected chi connectivity index (χ0v) is 27.4. The molecule has 4 rings (SSSR count). The Labute approximate surface area is 269 Å². The van der Waals surface area contributed by atoms with Crippen LogP contribution < -0.4 is 9.62 Å². The monoisotopic (exact) mass is 651 g/mol.